The Hall–Kier alpha value is -4.60. The SMILES string of the molecule is N#Cc1c(N)nc(/C(=N/Nc2ccc(Cl)cc2)C(=O)Nc2ccccc2)c(C#N)c1N. The van der Waals surface area contributed by atoms with Crippen molar-refractivity contribution in [2.24, 2.45) is 5.10 Å². The van der Waals surface area contributed by atoms with Crippen molar-refractivity contribution in [1.82, 2.24) is 4.98 Å². The first kappa shape index (κ1) is 21.1. The van der Waals surface area contributed by atoms with Gasteiger partial charge in [0, 0.05) is 10.7 Å². The number of hydrogen-bond donors (Lipinski definition) is 4. The number of benzene rings is 2. The molecule has 10 heteroatoms. The molecule has 2 aromatic carbocycles. The second kappa shape index (κ2) is 9.27. The monoisotopic (exact) mass is 430 g/mol. The molecular weight excluding hydrogens is 416 g/mol. The fourth-order valence-corrected chi connectivity index (χ4v) is 2.72. The van der Waals surface area contributed by atoms with Crippen LogP contribution in [-0.2, 0) is 4.79 Å². The molecule has 1 heterocycles. The summed E-state index contributed by atoms with van der Waals surface area (Å²) in [4.78, 5) is 17.1. The van der Waals surface area contributed by atoms with Crippen LogP contribution in [0.15, 0.2) is 59.7 Å². The number of nitrogens with one attached hydrogen (secondary N) is 2. The van der Waals surface area contributed by atoms with E-state index in [4.69, 9.17) is 23.1 Å². The van der Waals surface area contributed by atoms with Gasteiger partial charge in [-0.25, -0.2) is 4.98 Å². The maximum Gasteiger partial charge on any atom is 0.278 e. The topological polar surface area (TPSA) is 166 Å². The van der Waals surface area contributed by atoms with E-state index in [1.165, 1.54) is 0 Å². The third kappa shape index (κ3) is 4.70. The number of aromatic nitrogens is 1. The molecule has 0 atom stereocenters. The molecule has 0 fully saturated rings. The zero-order valence-electron chi connectivity index (χ0n) is 15.9. The van der Waals surface area contributed by atoms with Crippen LogP contribution in [0.3, 0.4) is 0 Å². The minimum atomic E-state index is -0.667. The number of hydrazone groups is 1. The highest BCUT2D eigenvalue weighted by Gasteiger charge is 2.25. The predicted molar refractivity (Wildman–Crippen MR) is 119 cm³/mol. The molecule has 3 rings (SSSR count). The Morgan fingerprint density at radius 3 is 2.23 bits per heavy atom. The lowest BCUT2D eigenvalue weighted by molar-refractivity contribution is -0.110. The molecule has 3 aromatic rings. The van der Waals surface area contributed by atoms with Crippen molar-refractivity contribution in [3.05, 3.63) is 76.4 Å². The summed E-state index contributed by atoms with van der Waals surface area (Å²) in [5, 5.41) is 26.2. The summed E-state index contributed by atoms with van der Waals surface area (Å²) in [6.07, 6.45) is 0. The number of anilines is 4. The molecule has 6 N–H and O–H groups in total. The average molecular weight is 431 g/mol. The average Bonchev–Trinajstić information content (AvgIpc) is 2.76. The molecular formula is C21H15ClN8O. The highest BCUT2D eigenvalue weighted by atomic mass is 35.5. The van der Waals surface area contributed by atoms with Crippen LogP contribution in [-0.4, -0.2) is 16.6 Å². The van der Waals surface area contributed by atoms with Crippen LogP contribution in [0.5, 0.6) is 0 Å². The van der Waals surface area contributed by atoms with Gasteiger partial charge in [-0.15, -0.1) is 0 Å². The fourth-order valence-electron chi connectivity index (χ4n) is 2.59. The lowest BCUT2D eigenvalue weighted by Gasteiger charge is -2.13. The lowest BCUT2D eigenvalue weighted by Crippen LogP contribution is -2.27. The smallest absolute Gasteiger partial charge is 0.278 e. The van der Waals surface area contributed by atoms with Gasteiger partial charge in [0.2, 0.25) is 0 Å². The maximum absolute atomic E-state index is 13.0. The molecule has 0 radical (unpaired) electrons. The first-order valence-corrected chi connectivity index (χ1v) is 9.17. The number of nitriles is 2. The van der Waals surface area contributed by atoms with E-state index in [0.717, 1.165) is 0 Å². The molecule has 152 valence electrons. The quantitative estimate of drug-likeness (QED) is 0.356. The molecule has 0 aliphatic rings. The summed E-state index contributed by atoms with van der Waals surface area (Å²) in [6, 6.07) is 18.9. The van der Waals surface area contributed by atoms with Gasteiger partial charge in [0.05, 0.1) is 11.4 Å². The Morgan fingerprint density at radius 2 is 1.61 bits per heavy atom. The van der Waals surface area contributed by atoms with Gasteiger partial charge < -0.3 is 16.8 Å². The number of para-hydroxylation sites is 1. The van der Waals surface area contributed by atoms with Crippen LogP contribution in [0.2, 0.25) is 5.02 Å². The number of nitrogen functional groups attached to an aromatic ring is 2. The van der Waals surface area contributed by atoms with E-state index in [0.29, 0.717) is 16.4 Å². The third-order valence-electron chi connectivity index (χ3n) is 4.10. The van der Waals surface area contributed by atoms with Crippen LogP contribution >= 0.6 is 11.6 Å². The van der Waals surface area contributed by atoms with Crippen LogP contribution < -0.4 is 22.2 Å². The van der Waals surface area contributed by atoms with E-state index in [1.54, 1.807) is 60.7 Å². The van der Waals surface area contributed by atoms with E-state index in [9.17, 15) is 15.3 Å². The number of nitrogens with zero attached hydrogens (tertiary/aromatic N) is 4. The second-order valence-electron chi connectivity index (χ2n) is 6.13. The van der Waals surface area contributed by atoms with Gasteiger partial charge in [-0.3, -0.25) is 10.2 Å². The number of amides is 1. The molecule has 0 unspecified atom stereocenters. The number of nitrogens with two attached hydrogens (primary N) is 2. The van der Waals surface area contributed by atoms with Gasteiger partial charge in [0.15, 0.2) is 5.71 Å². The van der Waals surface area contributed by atoms with Crippen LogP contribution in [0.4, 0.5) is 22.9 Å². The molecule has 1 amide bonds. The highest BCUT2D eigenvalue weighted by Crippen LogP contribution is 2.25. The molecule has 1 aromatic heterocycles. The molecule has 31 heavy (non-hydrogen) atoms. The Morgan fingerprint density at radius 1 is 0.968 bits per heavy atom. The van der Waals surface area contributed by atoms with Crippen LogP contribution in [0.25, 0.3) is 0 Å². The van der Waals surface area contributed by atoms with Crippen molar-refractivity contribution >= 4 is 46.1 Å². The van der Waals surface area contributed by atoms with Crippen LogP contribution in [0, 0.1) is 22.7 Å². The Bertz CT molecular complexity index is 1240. The zero-order valence-corrected chi connectivity index (χ0v) is 16.7. The number of carbonyl (C=O) groups is 1. The molecule has 0 saturated heterocycles. The summed E-state index contributed by atoms with van der Waals surface area (Å²) < 4.78 is 0. The Kier molecular flexibility index (Phi) is 6.31. The van der Waals surface area contributed by atoms with Gasteiger partial charge in [-0.05, 0) is 36.4 Å². The minimum absolute atomic E-state index is 0.145. The van der Waals surface area contributed by atoms with Gasteiger partial charge in [-0.1, -0.05) is 29.8 Å². The maximum atomic E-state index is 13.0. The van der Waals surface area contributed by atoms with Gasteiger partial charge in [0.1, 0.15) is 34.8 Å². The van der Waals surface area contributed by atoms with Gasteiger partial charge in [-0.2, -0.15) is 15.6 Å². The second-order valence-corrected chi connectivity index (χ2v) is 6.57. The van der Waals surface area contributed by atoms with Gasteiger partial charge in [0.25, 0.3) is 5.91 Å². The van der Waals surface area contributed by atoms with Gasteiger partial charge >= 0.3 is 0 Å². The zero-order chi connectivity index (χ0) is 22.4. The highest BCUT2D eigenvalue weighted by molar-refractivity contribution is 6.49. The fraction of sp³-hybridized carbons (Fsp3) is 0. The Labute approximate surface area is 182 Å². The summed E-state index contributed by atoms with van der Waals surface area (Å²) in [7, 11) is 0. The molecule has 9 nitrogen and oxygen atoms in total. The predicted octanol–water partition coefficient (Wildman–Crippen LogP) is 3.10. The molecule has 0 spiro atoms. The molecule has 0 aliphatic heterocycles. The number of carbonyl (C=O) groups excluding carboxylic acids is 1. The van der Waals surface area contributed by atoms with Crippen molar-refractivity contribution in [1.29, 1.82) is 10.5 Å². The largest absolute Gasteiger partial charge is 0.396 e. The first-order chi connectivity index (χ1) is 14.9. The van der Waals surface area contributed by atoms with Crippen molar-refractivity contribution in [2.75, 3.05) is 22.2 Å². The van der Waals surface area contributed by atoms with E-state index in [1.807, 2.05) is 6.07 Å². The number of halogens is 1. The summed E-state index contributed by atoms with van der Waals surface area (Å²) in [5.74, 6) is -0.888. The Balaban J connectivity index is 2.11. The minimum Gasteiger partial charge on any atom is -0.396 e. The van der Waals surface area contributed by atoms with Crippen molar-refractivity contribution in [3.8, 4) is 12.1 Å². The molecule has 0 aliphatic carbocycles. The van der Waals surface area contributed by atoms with E-state index in [2.05, 4.69) is 20.8 Å². The first-order valence-electron chi connectivity index (χ1n) is 8.79. The lowest BCUT2D eigenvalue weighted by atomic mass is 10.0. The normalized spacial score (nSPS) is 10.6. The van der Waals surface area contributed by atoms with E-state index in [-0.39, 0.29) is 34.0 Å². The standard InChI is InChI=1S/C21H15ClN8O/c22-12-6-8-14(9-7-12)29-30-19(21(31)27-13-4-2-1-3-5-13)18-15(10-23)17(25)16(11-24)20(26)28-18/h1-9,29H,(H,27,31)(H4,25,26,28)/b30-19-. The third-order valence-corrected chi connectivity index (χ3v) is 4.35. The number of pyridine rings is 1. The number of hydrogen-bond acceptors (Lipinski definition) is 8. The van der Waals surface area contributed by atoms with E-state index >= 15 is 0 Å². The van der Waals surface area contributed by atoms with Crippen LogP contribution in [0.1, 0.15) is 16.8 Å². The summed E-state index contributed by atoms with van der Waals surface area (Å²) in [5.41, 5.74) is 14.6. The number of rotatable bonds is 5. The van der Waals surface area contributed by atoms with Crippen molar-refractivity contribution < 1.29 is 4.79 Å². The molecule has 0 bridgehead atoms. The van der Waals surface area contributed by atoms with Crippen molar-refractivity contribution in [3.63, 3.8) is 0 Å². The molecule has 0 saturated carbocycles. The summed E-state index contributed by atoms with van der Waals surface area (Å²) in [6.45, 7) is 0. The summed E-state index contributed by atoms with van der Waals surface area (Å²) >= 11 is 5.89. The van der Waals surface area contributed by atoms with Crippen molar-refractivity contribution in [2.45, 2.75) is 0 Å². The van der Waals surface area contributed by atoms with E-state index < -0.39 is 5.91 Å².